The molecule has 5 rings (SSSR count). The Kier molecular flexibility index (Phi) is 6.56. The predicted molar refractivity (Wildman–Crippen MR) is 135 cm³/mol. The smallest absolute Gasteiger partial charge is 0.341 e. The van der Waals surface area contributed by atoms with Crippen LogP contribution in [0, 0.1) is 0 Å². The summed E-state index contributed by atoms with van der Waals surface area (Å²) in [6.07, 6.45) is 1.97. The van der Waals surface area contributed by atoms with Crippen molar-refractivity contribution >= 4 is 45.3 Å². The van der Waals surface area contributed by atoms with E-state index in [1.165, 1.54) is 23.3 Å². The van der Waals surface area contributed by atoms with Gasteiger partial charge in [0.2, 0.25) is 0 Å². The molecule has 1 atom stereocenters. The van der Waals surface area contributed by atoms with Crippen molar-refractivity contribution in [3.8, 4) is 10.4 Å². The highest BCUT2D eigenvalue weighted by atomic mass is 32.1. The Morgan fingerprint density at radius 1 is 1.11 bits per heavy atom. The fraction of sp³-hybridized carbons (Fsp3) is 0.259. The quantitative estimate of drug-likeness (QED) is 0.336. The van der Waals surface area contributed by atoms with E-state index in [1.807, 2.05) is 18.2 Å². The van der Waals surface area contributed by atoms with Crippen LogP contribution in [-0.2, 0) is 27.1 Å². The second kappa shape index (κ2) is 9.94. The van der Waals surface area contributed by atoms with E-state index >= 15 is 0 Å². The monoisotopic (exact) mass is 504 g/mol. The van der Waals surface area contributed by atoms with Crippen LogP contribution in [0.5, 0.6) is 0 Å². The zero-order chi connectivity index (χ0) is 25.2. The molecule has 1 amide bonds. The number of carbonyl (C=O) groups excluding carboxylic acids is 3. The molecule has 2 aromatic heterocycles. The number of esters is 2. The van der Waals surface area contributed by atoms with Crippen LogP contribution in [0.3, 0.4) is 0 Å². The van der Waals surface area contributed by atoms with E-state index in [1.54, 1.807) is 32.0 Å². The first kappa shape index (κ1) is 23.7. The second-order valence-electron chi connectivity index (χ2n) is 8.32. The van der Waals surface area contributed by atoms with Crippen molar-refractivity contribution in [1.29, 1.82) is 0 Å². The zero-order valence-electron chi connectivity index (χ0n) is 19.8. The largest absolute Gasteiger partial charge is 0.462 e. The number of fused-ring (bicyclic) bond motifs is 4. The number of anilines is 1. The number of aromatic nitrogens is 1. The molecule has 0 aliphatic heterocycles. The van der Waals surface area contributed by atoms with E-state index in [0.717, 1.165) is 22.4 Å². The molecule has 1 aliphatic rings. The fourth-order valence-electron chi connectivity index (χ4n) is 4.34. The van der Waals surface area contributed by atoms with Crippen molar-refractivity contribution < 1.29 is 28.3 Å². The number of benzene rings is 2. The Morgan fingerprint density at radius 3 is 2.75 bits per heavy atom. The van der Waals surface area contributed by atoms with Gasteiger partial charge in [-0.3, -0.25) is 4.79 Å². The number of aryl methyl sites for hydroxylation is 1. The summed E-state index contributed by atoms with van der Waals surface area (Å²) in [5.41, 5.74) is 4.82. The summed E-state index contributed by atoms with van der Waals surface area (Å²) in [7, 11) is 0. The Labute approximate surface area is 211 Å². The van der Waals surface area contributed by atoms with Gasteiger partial charge < -0.3 is 19.2 Å². The summed E-state index contributed by atoms with van der Waals surface area (Å²) in [6, 6.07) is 12.8. The predicted octanol–water partition coefficient (Wildman–Crippen LogP) is 5.41. The lowest BCUT2D eigenvalue weighted by Gasteiger charge is -2.17. The second-order valence-corrected chi connectivity index (χ2v) is 9.34. The lowest BCUT2D eigenvalue weighted by Crippen LogP contribution is -2.32. The first-order chi connectivity index (χ1) is 17.5. The van der Waals surface area contributed by atoms with Gasteiger partial charge in [0.15, 0.2) is 18.1 Å². The normalized spacial score (nSPS) is 12.9. The third-order valence-corrected chi connectivity index (χ3v) is 7.29. The summed E-state index contributed by atoms with van der Waals surface area (Å²) in [5, 5.41) is 3.25. The van der Waals surface area contributed by atoms with Gasteiger partial charge in [-0.25, -0.2) is 14.6 Å². The van der Waals surface area contributed by atoms with Gasteiger partial charge in [-0.2, -0.15) is 0 Å². The molecule has 9 heteroatoms. The van der Waals surface area contributed by atoms with Crippen molar-refractivity contribution in [2.75, 3.05) is 11.9 Å². The number of carbonyl (C=O) groups is 3. The van der Waals surface area contributed by atoms with Crippen LogP contribution in [-0.4, -0.2) is 35.5 Å². The van der Waals surface area contributed by atoms with Gasteiger partial charge in [-0.15, -0.1) is 11.3 Å². The summed E-state index contributed by atoms with van der Waals surface area (Å²) in [6.45, 7) is 3.71. The lowest BCUT2D eigenvalue weighted by atomic mass is 9.89. The van der Waals surface area contributed by atoms with Gasteiger partial charge in [0, 0.05) is 4.88 Å². The molecule has 0 saturated carbocycles. The molecule has 0 spiro atoms. The van der Waals surface area contributed by atoms with Gasteiger partial charge in [0.05, 0.1) is 17.7 Å². The standard InChI is InChI=1S/C27H24N2O6S/c1-3-20(35-26(31)16-10-12-21-19(13-16)28-14-34-21)24(30)29-25-22(27(32)33-4-2)18-11-9-15-7-5-6-8-17(15)23(18)36-25/h5-8,10,12-14,20H,3-4,9,11H2,1-2H3,(H,29,30). The van der Waals surface area contributed by atoms with E-state index in [4.69, 9.17) is 13.9 Å². The average Bonchev–Trinajstić information content (AvgIpc) is 3.51. The third-order valence-electron chi connectivity index (χ3n) is 6.11. The number of nitrogens with one attached hydrogen (secondary N) is 1. The summed E-state index contributed by atoms with van der Waals surface area (Å²) in [5.74, 6) is -1.63. The molecule has 2 heterocycles. The number of hydrogen-bond acceptors (Lipinski definition) is 8. The molecular weight excluding hydrogens is 480 g/mol. The van der Waals surface area contributed by atoms with Gasteiger partial charge >= 0.3 is 11.9 Å². The first-order valence-corrected chi connectivity index (χ1v) is 12.6. The summed E-state index contributed by atoms with van der Waals surface area (Å²) in [4.78, 5) is 43.9. The Hall–Kier alpha value is -3.98. The van der Waals surface area contributed by atoms with Crippen molar-refractivity contribution in [2.45, 2.75) is 39.2 Å². The highest BCUT2D eigenvalue weighted by molar-refractivity contribution is 7.20. The number of hydrogen-bond donors (Lipinski definition) is 1. The number of ether oxygens (including phenoxy) is 2. The fourth-order valence-corrected chi connectivity index (χ4v) is 5.65. The highest BCUT2D eigenvalue weighted by Crippen LogP contribution is 2.45. The average molecular weight is 505 g/mol. The number of amides is 1. The molecule has 2 aromatic carbocycles. The molecule has 184 valence electrons. The minimum absolute atomic E-state index is 0.221. The third kappa shape index (κ3) is 4.37. The number of thiophene rings is 1. The molecule has 0 radical (unpaired) electrons. The maximum Gasteiger partial charge on any atom is 0.341 e. The molecule has 36 heavy (non-hydrogen) atoms. The van der Waals surface area contributed by atoms with Crippen LogP contribution in [0.4, 0.5) is 5.00 Å². The molecule has 0 fully saturated rings. The van der Waals surface area contributed by atoms with Crippen LogP contribution in [0.25, 0.3) is 21.5 Å². The van der Waals surface area contributed by atoms with Crippen LogP contribution in [0.1, 0.15) is 52.1 Å². The molecule has 1 N–H and O–H groups in total. The van der Waals surface area contributed by atoms with Crippen molar-refractivity contribution in [3.05, 3.63) is 71.1 Å². The number of rotatable bonds is 7. The summed E-state index contributed by atoms with van der Waals surface area (Å²) >= 11 is 1.34. The minimum atomic E-state index is -1.05. The minimum Gasteiger partial charge on any atom is -0.462 e. The van der Waals surface area contributed by atoms with Gasteiger partial charge in [-0.1, -0.05) is 31.2 Å². The van der Waals surface area contributed by atoms with Gasteiger partial charge in [0.25, 0.3) is 5.91 Å². The van der Waals surface area contributed by atoms with Crippen LogP contribution in [0.15, 0.2) is 53.3 Å². The van der Waals surface area contributed by atoms with Crippen LogP contribution in [0.2, 0.25) is 0 Å². The molecule has 0 saturated heterocycles. The molecule has 1 unspecified atom stereocenters. The van der Waals surface area contributed by atoms with Crippen LogP contribution < -0.4 is 5.32 Å². The highest BCUT2D eigenvalue weighted by Gasteiger charge is 2.31. The topological polar surface area (TPSA) is 108 Å². The van der Waals surface area contributed by atoms with E-state index < -0.39 is 23.9 Å². The van der Waals surface area contributed by atoms with Gasteiger partial charge in [-0.05, 0) is 61.1 Å². The summed E-state index contributed by atoms with van der Waals surface area (Å²) < 4.78 is 16.0. The Balaban J connectivity index is 1.41. The molecule has 4 aromatic rings. The Morgan fingerprint density at radius 2 is 1.94 bits per heavy atom. The van der Waals surface area contributed by atoms with E-state index in [0.29, 0.717) is 28.1 Å². The molecule has 0 bridgehead atoms. The number of nitrogens with zero attached hydrogens (tertiary/aromatic N) is 1. The van der Waals surface area contributed by atoms with Crippen molar-refractivity contribution in [2.24, 2.45) is 0 Å². The maximum atomic E-state index is 13.2. The van der Waals surface area contributed by atoms with Gasteiger partial charge in [0.1, 0.15) is 10.5 Å². The first-order valence-electron chi connectivity index (χ1n) is 11.8. The maximum absolute atomic E-state index is 13.2. The zero-order valence-corrected chi connectivity index (χ0v) is 20.6. The Bertz CT molecular complexity index is 1470. The van der Waals surface area contributed by atoms with Crippen molar-refractivity contribution in [3.63, 3.8) is 0 Å². The molecular formula is C27H24N2O6S. The van der Waals surface area contributed by atoms with Crippen molar-refractivity contribution in [1.82, 2.24) is 4.98 Å². The lowest BCUT2D eigenvalue weighted by molar-refractivity contribution is -0.124. The molecule has 1 aliphatic carbocycles. The van der Waals surface area contributed by atoms with E-state index in [2.05, 4.69) is 16.4 Å². The van der Waals surface area contributed by atoms with E-state index in [-0.39, 0.29) is 18.6 Å². The van der Waals surface area contributed by atoms with E-state index in [9.17, 15) is 14.4 Å². The molecule has 8 nitrogen and oxygen atoms in total. The number of oxazole rings is 1. The van der Waals surface area contributed by atoms with Crippen LogP contribution >= 0.6 is 11.3 Å². The SMILES string of the molecule is CCOC(=O)c1c(NC(=O)C(CC)OC(=O)c2ccc3ocnc3c2)sc2c1CCc1ccccc1-2.